The van der Waals surface area contributed by atoms with Crippen LogP contribution in [-0.2, 0) is 17.2 Å². The zero-order chi connectivity index (χ0) is 23.0. The second kappa shape index (κ2) is 6.66. The second-order valence-corrected chi connectivity index (χ2v) is 10.2. The Bertz CT molecular complexity index is 1410. The van der Waals surface area contributed by atoms with Crippen LogP contribution in [-0.4, -0.2) is 43.0 Å². The minimum atomic E-state index is -0.541. The molecule has 0 saturated heterocycles. The molecule has 1 spiro atoms. The molecule has 33 heavy (non-hydrogen) atoms. The Hall–Kier alpha value is -3.68. The number of anilines is 1. The van der Waals surface area contributed by atoms with Gasteiger partial charge in [-0.2, -0.15) is 0 Å². The van der Waals surface area contributed by atoms with E-state index >= 15 is 0 Å². The van der Waals surface area contributed by atoms with Gasteiger partial charge in [0.25, 0.3) is 0 Å². The monoisotopic (exact) mass is 442 g/mol. The van der Waals surface area contributed by atoms with E-state index in [-0.39, 0.29) is 11.5 Å². The van der Waals surface area contributed by atoms with Crippen molar-refractivity contribution in [1.29, 1.82) is 0 Å². The molecule has 1 aliphatic carbocycles. The van der Waals surface area contributed by atoms with Gasteiger partial charge in [-0.3, -0.25) is 4.90 Å². The van der Waals surface area contributed by atoms with E-state index in [0.29, 0.717) is 6.54 Å². The molecule has 4 heterocycles. The lowest BCUT2D eigenvalue weighted by atomic mass is 9.96. The molecule has 1 saturated carbocycles. The number of aryl methyl sites for hydroxylation is 1. The molecule has 1 amide bonds. The number of benzene rings is 1. The zero-order valence-corrected chi connectivity index (χ0v) is 19.2. The number of nitrogens with zero attached hydrogens (tertiary/aromatic N) is 5. The Balaban J connectivity index is 1.41. The highest BCUT2D eigenvalue weighted by atomic mass is 16.6. The first-order chi connectivity index (χ1) is 15.7. The van der Waals surface area contributed by atoms with Gasteiger partial charge in [0, 0.05) is 64.6 Å². The molecule has 1 N–H and O–H groups in total. The summed E-state index contributed by atoms with van der Waals surface area (Å²) in [6.45, 7) is 6.30. The van der Waals surface area contributed by atoms with Crippen molar-refractivity contribution in [1.82, 2.24) is 24.7 Å². The van der Waals surface area contributed by atoms with Gasteiger partial charge in [0.15, 0.2) is 5.82 Å². The van der Waals surface area contributed by atoms with E-state index in [9.17, 15) is 4.79 Å². The Kier molecular flexibility index (Phi) is 4.03. The molecule has 0 unspecified atom stereocenters. The Labute approximate surface area is 191 Å². The number of aromatic nitrogens is 5. The number of fused-ring (bicyclic) bond motifs is 3. The first-order valence-corrected chi connectivity index (χ1v) is 11.2. The lowest BCUT2D eigenvalue weighted by Gasteiger charge is -2.24. The molecule has 0 bridgehead atoms. The number of H-pyrrole nitrogens is 1. The molecule has 168 valence electrons. The predicted octanol–water partition coefficient (Wildman–Crippen LogP) is 4.81. The largest absolute Gasteiger partial charge is 0.443 e. The first-order valence-electron chi connectivity index (χ1n) is 11.2. The summed E-state index contributed by atoms with van der Waals surface area (Å²) >= 11 is 0. The Morgan fingerprint density at radius 1 is 1.18 bits per heavy atom. The maximum atomic E-state index is 12.9. The minimum Gasteiger partial charge on any atom is -0.443 e. The Morgan fingerprint density at radius 2 is 2.00 bits per heavy atom. The summed E-state index contributed by atoms with van der Waals surface area (Å²) in [4.78, 5) is 22.7. The number of rotatable bonds is 2. The number of hydrogen-bond acceptors (Lipinski definition) is 5. The van der Waals surface area contributed by atoms with Gasteiger partial charge in [-0.1, -0.05) is 0 Å². The van der Waals surface area contributed by atoms with E-state index in [0.717, 1.165) is 57.6 Å². The van der Waals surface area contributed by atoms with Crippen LogP contribution in [0.15, 0.2) is 43.0 Å². The number of carbonyl (C=O) groups is 1. The standard InChI is InChI=1S/C25H26N6O2/c1-24(2,3)33-23(32)31-13-25(7-8-25)19-10-16(11-27-22(19)31)18-12-26-20-6-5-15(9-17(18)20)21-29-28-14-30(21)4/h5-6,9-12,14,26H,7-8,13H2,1-4H3. The second-order valence-electron chi connectivity index (χ2n) is 10.2. The normalized spacial score (nSPS) is 16.4. The van der Waals surface area contributed by atoms with Crippen LogP contribution in [0.3, 0.4) is 0 Å². The number of ether oxygens (including phenoxy) is 1. The zero-order valence-electron chi connectivity index (χ0n) is 19.2. The third-order valence-corrected chi connectivity index (χ3v) is 6.58. The summed E-state index contributed by atoms with van der Waals surface area (Å²) < 4.78 is 7.56. The number of pyridine rings is 1. The van der Waals surface area contributed by atoms with Gasteiger partial charge in [0.05, 0.1) is 0 Å². The van der Waals surface area contributed by atoms with Gasteiger partial charge >= 0.3 is 6.09 Å². The average Bonchev–Trinajstić information content (AvgIpc) is 3.08. The molecule has 4 aromatic rings. The van der Waals surface area contributed by atoms with E-state index in [1.54, 1.807) is 11.2 Å². The van der Waals surface area contributed by atoms with Crippen molar-refractivity contribution in [3.63, 3.8) is 0 Å². The van der Waals surface area contributed by atoms with Gasteiger partial charge in [0.1, 0.15) is 17.7 Å². The highest BCUT2D eigenvalue weighted by Crippen LogP contribution is 2.56. The maximum absolute atomic E-state index is 12.9. The lowest BCUT2D eigenvalue weighted by Crippen LogP contribution is -2.37. The molecule has 1 aromatic carbocycles. The molecule has 8 nitrogen and oxygen atoms in total. The fourth-order valence-electron chi connectivity index (χ4n) is 4.76. The SMILES string of the molecule is Cn1cnnc1-c1ccc2[nH]cc(-c3cnc4c(c3)C3(CC3)CN4C(=O)OC(C)(C)C)c2c1. The van der Waals surface area contributed by atoms with E-state index in [4.69, 9.17) is 9.72 Å². The summed E-state index contributed by atoms with van der Waals surface area (Å²) in [7, 11) is 1.94. The molecular formula is C25H26N6O2. The van der Waals surface area contributed by atoms with E-state index < -0.39 is 5.60 Å². The summed E-state index contributed by atoms with van der Waals surface area (Å²) in [5.74, 6) is 1.55. The fraction of sp³-hybridized carbons (Fsp3) is 0.360. The molecule has 1 aliphatic heterocycles. The number of aromatic amines is 1. The molecule has 3 aromatic heterocycles. The lowest BCUT2D eigenvalue weighted by molar-refractivity contribution is 0.0580. The molecule has 0 atom stereocenters. The highest BCUT2D eigenvalue weighted by molar-refractivity contribution is 5.98. The number of nitrogens with one attached hydrogen (secondary N) is 1. The van der Waals surface area contributed by atoms with Gasteiger partial charge in [0.2, 0.25) is 0 Å². The smallest absolute Gasteiger partial charge is 0.416 e. The highest BCUT2D eigenvalue weighted by Gasteiger charge is 2.54. The average molecular weight is 443 g/mol. The third kappa shape index (κ3) is 3.20. The van der Waals surface area contributed by atoms with Crippen LogP contribution in [0.4, 0.5) is 10.6 Å². The first kappa shape index (κ1) is 20.0. The van der Waals surface area contributed by atoms with Crippen LogP contribution < -0.4 is 4.90 Å². The third-order valence-electron chi connectivity index (χ3n) is 6.58. The van der Waals surface area contributed by atoms with E-state index in [1.807, 2.05) is 50.8 Å². The van der Waals surface area contributed by atoms with Crippen LogP contribution >= 0.6 is 0 Å². The molecule has 8 heteroatoms. The summed E-state index contributed by atoms with van der Waals surface area (Å²) in [5.41, 5.74) is 4.78. The molecule has 0 radical (unpaired) electrons. The van der Waals surface area contributed by atoms with Crippen LogP contribution in [0, 0.1) is 0 Å². The Morgan fingerprint density at radius 3 is 2.70 bits per heavy atom. The minimum absolute atomic E-state index is 0.00511. The fourth-order valence-corrected chi connectivity index (χ4v) is 4.76. The van der Waals surface area contributed by atoms with Crippen molar-refractivity contribution in [3.05, 3.63) is 48.5 Å². The van der Waals surface area contributed by atoms with Crippen molar-refractivity contribution in [2.45, 2.75) is 44.6 Å². The van der Waals surface area contributed by atoms with E-state index in [1.165, 1.54) is 0 Å². The van der Waals surface area contributed by atoms with Crippen LogP contribution in [0.2, 0.25) is 0 Å². The maximum Gasteiger partial charge on any atom is 0.416 e. The van der Waals surface area contributed by atoms with Gasteiger partial charge in [-0.05, 0) is 57.9 Å². The number of hydrogen-bond donors (Lipinski definition) is 1. The topological polar surface area (TPSA) is 88.9 Å². The summed E-state index contributed by atoms with van der Waals surface area (Å²) in [5, 5.41) is 9.35. The van der Waals surface area contributed by atoms with Gasteiger partial charge < -0.3 is 14.3 Å². The van der Waals surface area contributed by atoms with Crippen molar-refractivity contribution in [2.75, 3.05) is 11.4 Å². The van der Waals surface area contributed by atoms with Gasteiger partial charge in [-0.15, -0.1) is 10.2 Å². The predicted molar refractivity (Wildman–Crippen MR) is 126 cm³/mol. The van der Waals surface area contributed by atoms with Gasteiger partial charge in [-0.25, -0.2) is 9.78 Å². The summed E-state index contributed by atoms with van der Waals surface area (Å²) in [6.07, 6.45) is 7.38. The number of amides is 1. The van der Waals surface area contributed by atoms with Crippen molar-refractivity contribution < 1.29 is 9.53 Å². The summed E-state index contributed by atoms with van der Waals surface area (Å²) in [6, 6.07) is 8.46. The molecular weight excluding hydrogens is 416 g/mol. The van der Waals surface area contributed by atoms with Crippen LogP contribution in [0.5, 0.6) is 0 Å². The van der Waals surface area contributed by atoms with E-state index in [2.05, 4.69) is 33.4 Å². The molecule has 1 fully saturated rings. The molecule has 6 rings (SSSR count). The quantitative estimate of drug-likeness (QED) is 0.481. The molecule has 2 aliphatic rings. The van der Waals surface area contributed by atoms with Crippen molar-refractivity contribution in [3.8, 4) is 22.5 Å². The van der Waals surface area contributed by atoms with Crippen molar-refractivity contribution in [2.24, 2.45) is 7.05 Å². The van der Waals surface area contributed by atoms with Crippen LogP contribution in [0.25, 0.3) is 33.4 Å². The van der Waals surface area contributed by atoms with Crippen molar-refractivity contribution >= 4 is 22.8 Å². The van der Waals surface area contributed by atoms with Crippen LogP contribution in [0.1, 0.15) is 39.2 Å². The number of carbonyl (C=O) groups excluding carboxylic acids is 1.